The monoisotopic (exact) mass is 379 g/mol. The van der Waals surface area contributed by atoms with Crippen LogP contribution < -0.4 is 10.1 Å². The first-order chi connectivity index (χ1) is 13.5. The average molecular weight is 379 g/mol. The van der Waals surface area contributed by atoms with Crippen LogP contribution in [0, 0.1) is 0 Å². The summed E-state index contributed by atoms with van der Waals surface area (Å²) < 4.78 is 7.41. The number of aryl methyl sites for hydroxylation is 1. The fraction of sp³-hybridized carbons (Fsp3) is 0.286. The molecular formula is C21H25N5O2. The number of rotatable bonds is 6. The van der Waals surface area contributed by atoms with E-state index in [4.69, 9.17) is 4.74 Å². The van der Waals surface area contributed by atoms with Crippen molar-refractivity contribution in [2.45, 2.75) is 19.0 Å². The standard InChI is InChI=1S/C21H25N5O2/c1-15(16-9-11-22-12-10-16)26(3)21(27)24-19(20-23-13-14-25(20)2)17-7-5-6-8-18(17)28-4/h5-15,19H,1-4H3,(H,24,27). The van der Waals surface area contributed by atoms with Crippen LogP contribution in [-0.4, -0.2) is 39.6 Å². The van der Waals surface area contributed by atoms with Crippen LogP contribution >= 0.6 is 0 Å². The van der Waals surface area contributed by atoms with E-state index in [1.54, 1.807) is 37.6 Å². The number of pyridine rings is 1. The Morgan fingerprint density at radius 2 is 1.89 bits per heavy atom. The molecule has 28 heavy (non-hydrogen) atoms. The number of imidazole rings is 1. The zero-order valence-corrected chi connectivity index (χ0v) is 16.5. The van der Waals surface area contributed by atoms with Gasteiger partial charge in [-0.05, 0) is 30.7 Å². The fourth-order valence-corrected chi connectivity index (χ4v) is 3.11. The summed E-state index contributed by atoms with van der Waals surface area (Å²) in [5.74, 6) is 1.42. The first-order valence-electron chi connectivity index (χ1n) is 9.06. The van der Waals surface area contributed by atoms with Gasteiger partial charge in [-0.1, -0.05) is 18.2 Å². The quantitative estimate of drug-likeness (QED) is 0.713. The Morgan fingerprint density at radius 1 is 1.18 bits per heavy atom. The van der Waals surface area contributed by atoms with E-state index in [9.17, 15) is 4.79 Å². The number of carbonyl (C=O) groups is 1. The molecule has 2 heterocycles. The number of urea groups is 1. The second kappa shape index (κ2) is 8.56. The van der Waals surface area contributed by atoms with Crippen LogP contribution in [0.1, 0.15) is 36.0 Å². The van der Waals surface area contributed by atoms with E-state index in [2.05, 4.69) is 15.3 Å². The van der Waals surface area contributed by atoms with Gasteiger partial charge in [-0.2, -0.15) is 0 Å². The van der Waals surface area contributed by atoms with Crippen molar-refractivity contribution >= 4 is 6.03 Å². The molecule has 146 valence electrons. The SMILES string of the molecule is COc1ccccc1C(NC(=O)N(C)C(C)c1ccncc1)c1nccn1C. The van der Waals surface area contributed by atoms with Gasteiger partial charge in [0.1, 0.15) is 17.6 Å². The summed E-state index contributed by atoms with van der Waals surface area (Å²) in [5.41, 5.74) is 1.86. The van der Waals surface area contributed by atoms with E-state index in [0.29, 0.717) is 5.75 Å². The first-order valence-corrected chi connectivity index (χ1v) is 9.06. The zero-order valence-electron chi connectivity index (χ0n) is 16.5. The minimum atomic E-state index is -0.448. The van der Waals surface area contributed by atoms with Gasteiger partial charge >= 0.3 is 6.03 Å². The fourth-order valence-electron chi connectivity index (χ4n) is 3.11. The molecule has 0 radical (unpaired) electrons. The molecule has 0 spiro atoms. The van der Waals surface area contributed by atoms with Crippen molar-refractivity contribution in [2.75, 3.05) is 14.2 Å². The summed E-state index contributed by atoms with van der Waals surface area (Å²) in [6.45, 7) is 1.98. The summed E-state index contributed by atoms with van der Waals surface area (Å²) in [6, 6.07) is 10.7. The van der Waals surface area contributed by atoms with Crippen molar-refractivity contribution in [1.82, 2.24) is 24.8 Å². The maximum atomic E-state index is 13.1. The predicted molar refractivity (Wildman–Crippen MR) is 107 cm³/mol. The number of hydrogen-bond acceptors (Lipinski definition) is 4. The van der Waals surface area contributed by atoms with Crippen LogP contribution in [0.2, 0.25) is 0 Å². The van der Waals surface area contributed by atoms with E-state index < -0.39 is 6.04 Å². The van der Waals surface area contributed by atoms with Crippen molar-refractivity contribution in [3.05, 3.63) is 78.1 Å². The van der Waals surface area contributed by atoms with Gasteiger partial charge in [0, 0.05) is 44.4 Å². The summed E-state index contributed by atoms with van der Waals surface area (Å²) in [5, 5.41) is 3.11. The Balaban J connectivity index is 1.89. The third-order valence-corrected chi connectivity index (χ3v) is 4.92. The highest BCUT2D eigenvalue weighted by Crippen LogP contribution is 2.29. The Morgan fingerprint density at radius 3 is 2.54 bits per heavy atom. The van der Waals surface area contributed by atoms with Crippen molar-refractivity contribution in [3.63, 3.8) is 0 Å². The molecule has 0 aliphatic carbocycles. The minimum Gasteiger partial charge on any atom is -0.496 e. The van der Waals surface area contributed by atoms with Crippen molar-refractivity contribution in [1.29, 1.82) is 0 Å². The van der Waals surface area contributed by atoms with Crippen LogP contribution in [0.5, 0.6) is 5.75 Å². The maximum absolute atomic E-state index is 13.1. The Hall–Kier alpha value is -3.35. The summed E-state index contributed by atoms with van der Waals surface area (Å²) >= 11 is 0. The zero-order chi connectivity index (χ0) is 20.1. The predicted octanol–water partition coefficient (Wildman–Crippen LogP) is 3.32. The van der Waals surface area contributed by atoms with Crippen LogP contribution in [0.25, 0.3) is 0 Å². The molecule has 0 saturated carbocycles. The van der Waals surface area contributed by atoms with E-state index in [1.807, 2.05) is 61.1 Å². The molecule has 1 aromatic carbocycles. The van der Waals surface area contributed by atoms with Gasteiger partial charge in [-0.25, -0.2) is 9.78 Å². The van der Waals surface area contributed by atoms with Gasteiger partial charge in [-0.15, -0.1) is 0 Å². The summed E-state index contributed by atoms with van der Waals surface area (Å²) in [4.78, 5) is 23.2. The second-order valence-electron chi connectivity index (χ2n) is 6.59. The molecule has 2 aromatic heterocycles. The second-order valence-corrected chi connectivity index (χ2v) is 6.59. The number of methoxy groups -OCH3 is 1. The molecule has 2 atom stereocenters. The highest BCUT2D eigenvalue weighted by atomic mass is 16.5. The number of hydrogen-bond donors (Lipinski definition) is 1. The van der Waals surface area contributed by atoms with Gasteiger partial charge in [0.15, 0.2) is 0 Å². The number of nitrogens with one attached hydrogen (secondary N) is 1. The molecule has 7 heteroatoms. The van der Waals surface area contributed by atoms with Gasteiger partial charge in [0.05, 0.1) is 13.2 Å². The molecule has 0 fully saturated rings. The molecule has 3 aromatic rings. The van der Waals surface area contributed by atoms with Crippen LogP contribution in [-0.2, 0) is 7.05 Å². The Kier molecular flexibility index (Phi) is 5.93. The normalized spacial score (nSPS) is 12.9. The highest BCUT2D eigenvalue weighted by Gasteiger charge is 2.26. The largest absolute Gasteiger partial charge is 0.496 e. The number of para-hydroxylation sites is 1. The van der Waals surface area contributed by atoms with E-state index in [1.165, 1.54) is 0 Å². The molecule has 2 unspecified atom stereocenters. The third-order valence-electron chi connectivity index (χ3n) is 4.92. The Bertz CT molecular complexity index is 925. The number of benzene rings is 1. The van der Waals surface area contributed by atoms with Gasteiger partial charge in [-0.3, -0.25) is 4.98 Å². The van der Waals surface area contributed by atoms with Crippen molar-refractivity contribution in [3.8, 4) is 5.75 Å². The summed E-state index contributed by atoms with van der Waals surface area (Å²) in [6.07, 6.45) is 7.02. The number of ether oxygens (including phenoxy) is 1. The average Bonchev–Trinajstić information content (AvgIpc) is 3.17. The maximum Gasteiger partial charge on any atom is 0.318 e. The molecule has 0 saturated heterocycles. The van der Waals surface area contributed by atoms with E-state index in [0.717, 1.165) is 17.0 Å². The van der Waals surface area contributed by atoms with Crippen LogP contribution in [0.3, 0.4) is 0 Å². The molecule has 0 bridgehead atoms. The number of carbonyl (C=O) groups excluding carboxylic acids is 1. The molecular weight excluding hydrogens is 354 g/mol. The molecule has 0 aliphatic heterocycles. The van der Waals surface area contributed by atoms with E-state index >= 15 is 0 Å². The smallest absolute Gasteiger partial charge is 0.318 e. The van der Waals surface area contributed by atoms with Gasteiger partial charge < -0.3 is 19.5 Å². The number of aromatic nitrogens is 3. The van der Waals surface area contributed by atoms with E-state index in [-0.39, 0.29) is 12.1 Å². The summed E-state index contributed by atoms with van der Waals surface area (Å²) in [7, 11) is 5.30. The lowest BCUT2D eigenvalue weighted by atomic mass is 10.0. The third kappa shape index (κ3) is 3.98. The van der Waals surface area contributed by atoms with Gasteiger partial charge in [0.25, 0.3) is 0 Å². The number of nitrogens with zero attached hydrogens (tertiary/aromatic N) is 4. The molecule has 1 N–H and O–H groups in total. The van der Waals surface area contributed by atoms with Crippen LogP contribution in [0.4, 0.5) is 4.79 Å². The molecule has 3 rings (SSSR count). The van der Waals surface area contributed by atoms with Crippen LogP contribution in [0.15, 0.2) is 61.2 Å². The lowest BCUT2D eigenvalue weighted by molar-refractivity contribution is 0.191. The van der Waals surface area contributed by atoms with Crippen molar-refractivity contribution in [2.24, 2.45) is 7.05 Å². The molecule has 0 aliphatic rings. The molecule has 2 amide bonds. The van der Waals surface area contributed by atoms with Gasteiger partial charge in [0.2, 0.25) is 0 Å². The topological polar surface area (TPSA) is 72.3 Å². The lowest BCUT2D eigenvalue weighted by Crippen LogP contribution is -2.41. The minimum absolute atomic E-state index is 0.109. The lowest BCUT2D eigenvalue weighted by Gasteiger charge is -2.28. The van der Waals surface area contributed by atoms with Crippen molar-refractivity contribution < 1.29 is 9.53 Å². The first kappa shape index (κ1) is 19.4. The molecule has 7 nitrogen and oxygen atoms in total. The highest BCUT2D eigenvalue weighted by molar-refractivity contribution is 5.75. The Labute approximate surface area is 165 Å². The number of amides is 2.